The van der Waals surface area contributed by atoms with Gasteiger partial charge in [-0.1, -0.05) is 39.0 Å². The molecular formula is C14H24N2O3S2. The van der Waals surface area contributed by atoms with Crippen molar-refractivity contribution in [1.29, 1.82) is 0 Å². The van der Waals surface area contributed by atoms with Crippen molar-refractivity contribution in [2.45, 2.75) is 56.6 Å². The van der Waals surface area contributed by atoms with Gasteiger partial charge in [0.1, 0.15) is 4.21 Å². The quantitative estimate of drug-likeness (QED) is 0.681. The maximum Gasteiger partial charge on any atom is 0.252 e. The second kappa shape index (κ2) is 8.51. The topological polar surface area (TPSA) is 89.3 Å². The Bertz CT molecular complexity index is 565. The molecule has 0 aromatic carbocycles. The van der Waals surface area contributed by atoms with Crippen LogP contribution >= 0.6 is 11.3 Å². The summed E-state index contributed by atoms with van der Waals surface area (Å²) in [6.07, 6.45) is 6.96. The zero-order valence-corrected chi connectivity index (χ0v) is 14.3. The number of unbranched alkanes of at least 4 members (excludes halogenated alkanes) is 5. The molecule has 0 atom stereocenters. The molecule has 1 aromatic rings. The van der Waals surface area contributed by atoms with Crippen molar-refractivity contribution in [2.24, 2.45) is 5.14 Å². The standard InChI is InChI=1S/C14H24N2O3S2/c1-3-4-5-6-7-8-9-16-13(17)12-10-20-14(11(12)2)21(15,18)19/h10H,3-9H2,1-2H3,(H,16,17)(H2,15,18,19). The minimum absolute atomic E-state index is 0.0622. The summed E-state index contributed by atoms with van der Waals surface area (Å²) in [6, 6.07) is 0. The maximum absolute atomic E-state index is 12.0. The molecular weight excluding hydrogens is 308 g/mol. The smallest absolute Gasteiger partial charge is 0.252 e. The van der Waals surface area contributed by atoms with Crippen LogP contribution in [-0.4, -0.2) is 20.9 Å². The number of sulfonamides is 1. The predicted molar refractivity (Wildman–Crippen MR) is 86.1 cm³/mol. The minimum atomic E-state index is -3.75. The van der Waals surface area contributed by atoms with Gasteiger partial charge in [-0.15, -0.1) is 11.3 Å². The highest BCUT2D eigenvalue weighted by Gasteiger charge is 2.20. The number of carbonyl (C=O) groups is 1. The molecule has 0 bridgehead atoms. The lowest BCUT2D eigenvalue weighted by Crippen LogP contribution is -2.25. The molecule has 0 aliphatic rings. The lowest BCUT2D eigenvalue weighted by Gasteiger charge is -2.05. The van der Waals surface area contributed by atoms with Gasteiger partial charge in [0.2, 0.25) is 10.0 Å². The third-order valence-electron chi connectivity index (χ3n) is 3.31. The molecule has 120 valence electrons. The van der Waals surface area contributed by atoms with Gasteiger partial charge in [-0.3, -0.25) is 4.79 Å². The van der Waals surface area contributed by atoms with Gasteiger partial charge in [-0.25, -0.2) is 13.6 Å². The second-order valence-electron chi connectivity index (χ2n) is 5.13. The average molecular weight is 332 g/mol. The summed E-state index contributed by atoms with van der Waals surface area (Å²) in [6.45, 7) is 4.40. The van der Waals surface area contributed by atoms with Crippen LogP contribution < -0.4 is 10.5 Å². The molecule has 0 aliphatic heterocycles. The van der Waals surface area contributed by atoms with Crippen molar-refractivity contribution in [3.8, 4) is 0 Å². The Balaban J connectivity index is 2.42. The number of nitrogens with one attached hydrogen (secondary N) is 1. The number of rotatable bonds is 9. The second-order valence-corrected chi connectivity index (χ2v) is 7.77. The van der Waals surface area contributed by atoms with E-state index in [9.17, 15) is 13.2 Å². The molecule has 0 saturated carbocycles. The van der Waals surface area contributed by atoms with Crippen LogP contribution in [0.1, 0.15) is 61.4 Å². The number of carbonyl (C=O) groups excluding carboxylic acids is 1. The van der Waals surface area contributed by atoms with E-state index in [0.29, 0.717) is 17.7 Å². The fourth-order valence-corrected chi connectivity index (χ4v) is 4.12. The molecule has 21 heavy (non-hydrogen) atoms. The number of primary sulfonamides is 1. The van der Waals surface area contributed by atoms with E-state index < -0.39 is 10.0 Å². The number of hydrogen-bond acceptors (Lipinski definition) is 4. The molecule has 3 N–H and O–H groups in total. The minimum Gasteiger partial charge on any atom is -0.352 e. The molecule has 7 heteroatoms. The predicted octanol–water partition coefficient (Wildman–Crippen LogP) is 2.79. The summed E-state index contributed by atoms with van der Waals surface area (Å²) in [7, 11) is -3.75. The zero-order valence-electron chi connectivity index (χ0n) is 12.6. The van der Waals surface area contributed by atoms with Crippen LogP contribution in [0.5, 0.6) is 0 Å². The summed E-state index contributed by atoms with van der Waals surface area (Å²) in [5.74, 6) is -0.229. The van der Waals surface area contributed by atoms with Crippen LogP contribution in [0.25, 0.3) is 0 Å². The summed E-state index contributed by atoms with van der Waals surface area (Å²) < 4.78 is 22.7. The molecule has 0 spiro atoms. The summed E-state index contributed by atoms with van der Waals surface area (Å²) >= 11 is 0.990. The lowest BCUT2D eigenvalue weighted by atomic mass is 10.1. The molecule has 1 rings (SSSR count). The van der Waals surface area contributed by atoms with Crippen molar-refractivity contribution in [1.82, 2.24) is 5.32 Å². The van der Waals surface area contributed by atoms with Gasteiger partial charge >= 0.3 is 0 Å². The highest BCUT2D eigenvalue weighted by molar-refractivity contribution is 7.91. The molecule has 0 radical (unpaired) electrons. The Morgan fingerprint density at radius 3 is 2.43 bits per heavy atom. The van der Waals surface area contributed by atoms with E-state index in [1.807, 2.05) is 0 Å². The van der Waals surface area contributed by atoms with E-state index in [2.05, 4.69) is 12.2 Å². The third-order valence-corrected chi connectivity index (χ3v) is 6.00. The maximum atomic E-state index is 12.0. The van der Waals surface area contributed by atoms with E-state index in [0.717, 1.165) is 24.2 Å². The summed E-state index contributed by atoms with van der Waals surface area (Å²) in [4.78, 5) is 12.0. The normalized spacial score (nSPS) is 11.6. The molecule has 5 nitrogen and oxygen atoms in total. The van der Waals surface area contributed by atoms with Gasteiger partial charge in [-0.05, 0) is 18.9 Å². The molecule has 0 fully saturated rings. The Labute approximate surface area is 131 Å². The van der Waals surface area contributed by atoms with Gasteiger partial charge in [-0.2, -0.15) is 0 Å². The summed E-state index contributed by atoms with van der Waals surface area (Å²) in [5.41, 5.74) is 0.831. The number of thiophene rings is 1. The third kappa shape index (κ3) is 5.76. The van der Waals surface area contributed by atoms with Gasteiger partial charge in [0, 0.05) is 11.9 Å². The van der Waals surface area contributed by atoms with Crippen molar-refractivity contribution >= 4 is 27.3 Å². The lowest BCUT2D eigenvalue weighted by molar-refractivity contribution is 0.0952. The Morgan fingerprint density at radius 2 is 1.86 bits per heavy atom. The molecule has 0 saturated heterocycles. The molecule has 0 aliphatic carbocycles. The van der Waals surface area contributed by atoms with Gasteiger partial charge in [0.05, 0.1) is 5.56 Å². The first kappa shape index (κ1) is 18.1. The highest BCUT2D eigenvalue weighted by atomic mass is 32.2. The van der Waals surface area contributed by atoms with Gasteiger partial charge in [0.25, 0.3) is 5.91 Å². The Morgan fingerprint density at radius 1 is 1.24 bits per heavy atom. The van der Waals surface area contributed by atoms with Crippen LogP contribution in [0.2, 0.25) is 0 Å². The largest absolute Gasteiger partial charge is 0.352 e. The van der Waals surface area contributed by atoms with E-state index in [4.69, 9.17) is 5.14 Å². The zero-order chi connectivity index (χ0) is 15.9. The first-order valence-electron chi connectivity index (χ1n) is 7.27. The van der Waals surface area contributed by atoms with Crippen molar-refractivity contribution in [3.63, 3.8) is 0 Å². The van der Waals surface area contributed by atoms with Crippen molar-refractivity contribution in [2.75, 3.05) is 6.54 Å². The first-order chi connectivity index (χ1) is 9.88. The fourth-order valence-electron chi connectivity index (χ4n) is 2.11. The van der Waals surface area contributed by atoms with Crippen LogP contribution in [0.4, 0.5) is 0 Å². The van der Waals surface area contributed by atoms with Crippen molar-refractivity contribution in [3.05, 3.63) is 16.5 Å². The van der Waals surface area contributed by atoms with Crippen LogP contribution in [0, 0.1) is 6.92 Å². The summed E-state index contributed by atoms with van der Waals surface area (Å²) in [5, 5.41) is 9.48. The average Bonchev–Trinajstić information content (AvgIpc) is 2.79. The fraction of sp³-hybridized carbons (Fsp3) is 0.643. The number of nitrogens with two attached hydrogens (primary N) is 1. The molecule has 1 amide bonds. The monoisotopic (exact) mass is 332 g/mol. The van der Waals surface area contributed by atoms with Gasteiger partial charge in [0.15, 0.2) is 0 Å². The highest BCUT2D eigenvalue weighted by Crippen LogP contribution is 2.25. The van der Waals surface area contributed by atoms with E-state index in [1.54, 1.807) is 12.3 Å². The van der Waals surface area contributed by atoms with E-state index in [1.165, 1.54) is 25.7 Å². The van der Waals surface area contributed by atoms with Crippen LogP contribution in [-0.2, 0) is 10.0 Å². The Kier molecular flexibility index (Phi) is 7.34. The van der Waals surface area contributed by atoms with Crippen molar-refractivity contribution < 1.29 is 13.2 Å². The molecule has 1 aromatic heterocycles. The molecule has 0 unspecified atom stereocenters. The van der Waals surface area contributed by atoms with E-state index in [-0.39, 0.29) is 10.1 Å². The first-order valence-corrected chi connectivity index (χ1v) is 9.69. The molecule has 1 heterocycles. The Hall–Kier alpha value is -0.920. The van der Waals surface area contributed by atoms with Crippen LogP contribution in [0.3, 0.4) is 0 Å². The number of amides is 1. The van der Waals surface area contributed by atoms with Crippen LogP contribution in [0.15, 0.2) is 9.59 Å². The van der Waals surface area contributed by atoms with Gasteiger partial charge < -0.3 is 5.32 Å². The number of hydrogen-bond donors (Lipinski definition) is 2. The SMILES string of the molecule is CCCCCCCCNC(=O)c1csc(S(N)(=O)=O)c1C. The van der Waals surface area contributed by atoms with E-state index >= 15 is 0 Å².